The van der Waals surface area contributed by atoms with Crippen LogP contribution in [0.4, 0.5) is 0 Å². The van der Waals surface area contributed by atoms with E-state index in [4.69, 9.17) is 0 Å². The number of nitrogens with zero attached hydrogens (tertiary/aromatic N) is 4. The van der Waals surface area contributed by atoms with Crippen LogP contribution in [0.25, 0.3) is 0 Å². The minimum absolute atomic E-state index is 0.479. The lowest BCUT2D eigenvalue weighted by Gasteiger charge is -1.98. The van der Waals surface area contributed by atoms with Crippen LogP contribution in [-0.4, -0.2) is 46.6 Å². The molecule has 2 aromatic rings. The lowest BCUT2D eigenvalue weighted by atomic mass is 10.6. The third-order valence-corrected chi connectivity index (χ3v) is 4.20. The van der Waals surface area contributed by atoms with Gasteiger partial charge in [0.1, 0.15) is 37.9 Å². The Morgan fingerprint density at radius 3 is 1.29 bits per heavy atom. The van der Waals surface area contributed by atoms with Crippen molar-refractivity contribution in [3.05, 3.63) is 62.8 Å². The van der Waals surface area contributed by atoms with Gasteiger partial charge in [-0.1, -0.05) is 12.2 Å². The van der Waals surface area contributed by atoms with E-state index in [9.17, 15) is 25.9 Å². The third kappa shape index (κ3) is 14.8. The second kappa shape index (κ2) is 12.2. The van der Waals surface area contributed by atoms with Crippen LogP contribution in [0.1, 0.15) is 0 Å². The van der Waals surface area contributed by atoms with Gasteiger partial charge in [-0.05, 0) is 0 Å². The molecule has 0 aliphatic rings. The van der Waals surface area contributed by atoms with Crippen molar-refractivity contribution in [2.45, 2.75) is 13.1 Å². The average molecular weight is 435 g/mol. The number of rotatable bonds is 7. The van der Waals surface area contributed by atoms with Gasteiger partial charge in [0, 0.05) is 0 Å². The summed E-state index contributed by atoms with van der Waals surface area (Å²) in [5.74, 6) is -0.958. The highest BCUT2D eigenvalue weighted by atomic mass is 32.2. The number of aromatic nitrogens is 4. The molecule has 0 atom stereocenters. The fourth-order valence-corrected chi connectivity index (χ4v) is 2.36. The molecule has 0 saturated carbocycles. The van der Waals surface area contributed by atoms with Crippen molar-refractivity contribution in [2.75, 3.05) is 11.5 Å². The molecule has 2 aromatic heterocycles. The molecule has 12 heteroatoms. The molecule has 0 amide bonds. The Labute approximate surface area is 166 Å². The van der Waals surface area contributed by atoms with Crippen LogP contribution in [0.5, 0.6) is 0 Å². The molecule has 0 N–H and O–H groups in total. The van der Waals surface area contributed by atoms with Crippen molar-refractivity contribution in [1.82, 2.24) is 9.13 Å². The van der Waals surface area contributed by atoms with Crippen LogP contribution in [0.3, 0.4) is 0 Å². The second-order valence-corrected chi connectivity index (χ2v) is 8.56. The summed E-state index contributed by atoms with van der Waals surface area (Å²) in [6, 6.07) is 0. The van der Waals surface area contributed by atoms with Crippen molar-refractivity contribution >= 4 is 20.2 Å². The maximum atomic E-state index is 9.60. The zero-order valence-electron chi connectivity index (χ0n) is 15.9. The summed E-state index contributed by atoms with van der Waals surface area (Å²) in [5, 5.41) is 0. The number of imidazole rings is 2. The van der Waals surface area contributed by atoms with E-state index in [1.165, 1.54) is 0 Å². The fraction of sp³-hybridized carbons (Fsp3) is 0.375. The maximum Gasteiger partial charge on any atom is 0.243 e. The highest BCUT2D eigenvalue weighted by Crippen LogP contribution is 1.89. The first kappa shape index (κ1) is 25.7. The molecule has 158 valence electrons. The number of hydrogen-bond donors (Lipinski definition) is 0. The second-order valence-electron chi connectivity index (χ2n) is 5.66. The number of hydrogen-bond acceptors (Lipinski definition) is 6. The summed E-state index contributed by atoms with van der Waals surface area (Å²) in [4.78, 5) is 0. The first-order chi connectivity index (χ1) is 12.9. The van der Waals surface area contributed by atoms with Crippen molar-refractivity contribution in [2.24, 2.45) is 14.1 Å². The molecule has 0 aliphatic heterocycles. The highest BCUT2D eigenvalue weighted by molar-refractivity contribution is 7.86. The predicted octanol–water partition coefficient (Wildman–Crippen LogP) is -0.926. The van der Waals surface area contributed by atoms with Gasteiger partial charge in [0.05, 0.1) is 45.8 Å². The van der Waals surface area contributed by atoms with E-state index in [1.54, 1.807) is 0 Å². The summed E-state index contributed by atoms with van der Waals surface area (Å²) in [7, 11) is -4.02. The molecule has 0 fully saturated rings. The van der Waals surface area contributed by atoms with Crippen LogP contribution in [-0.2, 0) is 47.4 Å². The highest BCUT2D eigenvalue weighted by Gasteiger charge is 2.03. The van der Waals surface area contributed by atoms with E-state index < -0.39 is 31.7 Å². The molecule has 0 aromatic carbocycles. The molecule has 0 saturated heterocycles. The first-order valence-corrected chi connectivity index (χ1v) is 11.1. The van der Waals surface area contributed by atoms with Crippen molar-refractivity contribution < 1.29 is 35.1 Å². The van der Waals surface area contributed by atoms with Crippen LogP contribution in [0.2, 0.25) is 0 Å². The number of aryl methyl sites for hydroxylation is 4. The van der Waals surface area contributed by atoms with Crippen LogP contribution < -0.4 is 9.13 Å². The van der Waals surface area contributed by atoms with E-state index in [2.05, 4.69) is 68.9 Å². The third-order valence-electron chi connectivity index (χ3n) is 2.91. The molecule has 28 heavy (non-hydrogen) atoms. The van der Waals surface area contributed by atoms with Crippen LogP contribution in [0, 0.1) is 0 Å². The lowest BCUT2D eigenvalue weighted by molar-refractivity contribution is -0.671. The Morgan fingerprint density at radius 1 is 0.821 bits per heavy atom. The fourth-order valence-electron chi connectivity index (χ4n) is 1.79. The standard InChI is InChI=1S/C10H16N4.2C3H6O3S/c1-11-3-5-13(9-11)7-8-14-6-4-12(2)10-14;2*1-2-3-7(4,5)6/h3-6,9-10H,7-8H2,1-2H3;2*2H,1,3H2,(H,4,5,6)/q+2;;/p-2. The van der Waals surface area contributed by atoms with Gasteiger partial charge in [-0.3, -0.25) is 0 Å². The molecular formula is C16H26N4O6S2. The van der Waals surface area contributed by atoms with Gasteiger partial charge >= 0.3 is 0 Å². The molecule has 0 aliphatic carbocycles. The van der Waals surface area contributed by atoms with Gasteiger partial charge < -0.3 is 9.11 Å². The predicted molar refractivity (Wildman–Crippen MR) is 101 cm³/mol. The van der Waals surface area contributed by atoms with E-state index in [0.29, 0.717) is 0 Å². The Morgan fingerprint density at radius 2 is 1.14 bits per heavy atom. The molecule has 2 rings (SSSR count). The minimum atomic E-state index is -4.04. The normalized spacial score (nSPS) is 10.9. The summed E-state index contributed by atoms with van der Waals surface area (Å²) in [6.45, 7) is 8.15. The van der Waals surface area contributed by atoms with Crippen molar-refractivity contribution in [3.63, 3.8) is 0 Å². The van der Waals surface area contributed by atoms with Crippen molar-refractivity contribution in [3.8, 4) is 0 Å². The molecule has 2 heterocycles. The minimum Gasteiger partial charge on any atom is -0.748 e. The first-order valence-electron chi connectivity index (χ1n) is 7.97. The molecule has 10 nitrogen and oxygen atoms in total. The zero-order chi connectivity index (χ0) is 21.8. The van der Waals surface area contributed by atoms with Gasteiger partial charge in [-0.15, -0.1) is 13.2 Å². The maximum absolute atomic E-state index is 9.60. The van der Waals surface area contributed by atoms with Gasteiger partial charge in [-0.25, -0.2) is 35.1 Å². The lowest BCUT2D eigenvalue weighted by Crippen LogP contribution is -2.24. The van der Waals surface area contributed by atoms with Gasteiger partial charge in [0.2, 0.25) is 12.7 Å². The Balaban J connectivity index is 0.000000444. The van der Waals surface area contributed by atoms with Crippen LogP contribution in [0.15, 0.2) is 62.8 Å². The average Bonchev–Trinajstić information content (AvgIpc) is 3.12. The zero-order valence-corrected chi connectivity index (χ0v) is 17.5. The smallest absolute Gasteiger partial charge is 0.243 e. The SMILES string of the molecule is C=CCS(=O)(=O)[O-].C=CCS(=O)(=O)[O-].C[n+]1ccn(CCn2cc[n+](C)c2)c1. The summed E-state index contributed by atoms with van der Waals surface area (Å²) >= 11 is 0. The molecule has 0 bridgehead atoms. The monoisotopic (exact) mass is 434 g/mol. The molecule has 0 unspecified atom stereocenters. The summed E-state index contributed by atoms with van der Waals surface area (Å²) in [6.07, 6.45) is 14.6. The van der Waals surface area contributed by atoms with Crippen LogP contribution >= 0.6 is 0 Å². The largest absolute Gasteiger partial charge is 0.748 e. The summed E-state index contributed by atoms with van der Waals surface area (Å²) < 4.78 is 66.1. The van der Waals surface area contributed by atoms with Gasteiger partial charge in [-0.2, -0.15) is 0 Å². The van der Waals surface area contributed by atoms with E-state index in [0.717, 1.165) is 25.2 Å². The van der Waals surface area contributed by atoms with E-state index in [1.807, 2.05) is 14.1 Å². The molecular weight excluding hydrogens is 408 g/mol. The van der Waals surface area contributed by atoms with E-state index >= 15 is 0 Å². The molecule has 0 spiro atoms. The summed E-state index contributed by atoms with van der Waals surface area (Å²) in [5.41, 5.74) is 0. The van der Waals surface area contributed by atoms with E-state index in [-0.39, 0.29) is 0 Å². The quantitative estimate of drug-likeness (QED) is 0.314. The molecule has 0 radical (unpaired) electrons. The Hall–Kier alpha value is -2.28. The topological polar surface area (TPSA) is 132 Å². The van der Waals surface area contributed by atoms with Gasteiger partial charge in [0.25, 0.3) is 0 Å². The Bertz CT molecular complexity index is 867. The Kier molecular flexibility index (Phi) is 11.2. The van der Waals surface area contributed by atoms with Gasteiger partial charge in [0.15, 0.2) is 0 Å². The van der Waals surface area contributed by atoms with Crippen molar-refractivity contribution in [1.29, 1.82) is 0 Å².